The van der Waals surface area contributed by atoms with Crippen molar-refractivity contribution in [2.45, 2.75) is -0.379 Å². The van der Waals surface area contributed by atoms with Gasteiger partial charge >= 0.3 is 0 Å². The normalized spacial score (nSPS) is 11.1. The Morgan fingerprint density at radius 1 is 1.07 bits per heavy atom. The van der Waals surface area contributed by atoms with Crippen molar-refractivity contribution >= 4 is 91.1 Å². The summed E-state index contributed by atoms with van der Waals surface area (Å²) in [5, 5.41) is 3.31. The van der Waals surface area contributed by atoms with Gasteiger partial charge in [-0.05, 0) is 98.1 Å². The van der Waals surface area contributed by atoms with Crippen molar-refractivity contribution in [2.75, 3.05) is 5.32 Å². The third-order valence-corrected chi connectivity index (χ3v) is 4.20. The van der Waals surface area contributed by atoms with Crippen LogP contribution in [0.5, 0.6) is 5.75 Å². The number of aromatic nitrogens is 3. The van der Waals surface area contributed by atoms with Crippen molar-refractivity contribution in [3.8, 4) is 16.9 Å². The van der Waals surface area contributed by atoms with Crippen LogP contribution in [-0.4, -0.2) is 20.5 Å². The van der Waals surface area contributed by atoms with E-state index in [9.17, 15) is 4.79 Å². The molecule has 0 bridgehead atoms. The lowest BCUT2D eigenvalue weighted by atomic mass is 10.1. The Morgan fingerprint density at radius 3 is 2.44 bits per heavy atom. The van der Waals surface area contributed by atoms with Crippen LogP contribution >= 0.6 is 79.4 Å². The zero-order chi connectivity index (χ0) is 19.4. The van der Waals surface area contributed by atoms with Crippen LogP contribution in [0.2, 0.25) is 5.02 Å². The second-order valence-electron chi connectivity index (χ2n) is 5.20. The predicted molar refractivity (Wildman–Crippen MR) is 130 cm³/mol. The molecule has 1 aromatic carbocycles. The highest BCUT2D eigenvalue weighted by molar-refractivity contribution is 14.3. The standard InChI is InChI=1S/C17H10ClI3N4O2/c18-12-2-3-14(27-17(19,20)21)13(5-12)10-1-4-15(24-8-10)25-16(26)11-6-22-9-23-7-11/h1-9H,(H,24,25,26). The van der Waals surface area contributed by atoms with Crippen molar-refractivity contribution in [3.63, 3.8) is 0 Å². The number of halogens is 4. The van der Waals surface area contributed by atoms with E-state index in [4.69, 9.17) is 16.3 Å². The highest BCUT2D eigenvalue weighted by Gasteiger charge is 2.21. The van der Waals surface area contributed by atoms with Gasteiger partial charge in [0.25, 0.3) is 5.53 Å². The molecule has 0 aliphatic rings. The number of anilines is 1. The van der Waals surface area contributed by atoms with E-state index < -0.39 is -0.379 Å². The molecule has 0 radical (unpaired) electrons. The number of hydrogen-bond donors (Lipinski definition) is 1. The number of rotatable bonds is 5. The summed E-state index contributed by atoms with van der Waals surface area (Å²) in [4.78, 5) is 24.1. The lowest BCUT2D eigenvalue weighted by Crippen LogP contribution is -2.13. The number of nitrogens with zero attached hydrogens (tertiary/aromatic N) is 3. The summed E-state index contributed by atoms with van der Waals surface area (Å²) in [6.45, 7) is 0. The first-order valence-electron chi connectivity index (χ1n) is 7.40. The first-order chi connectivity index (χ1) is 12.8. The molecule has 0 atom stereocenters. The smallest absolute Gasteiger partial charge is 0.259 e. The Labute approximate surface area is 201 Å². The molecule has 6 nitrogen and oxygen atoms in total. The predicted octanol–water partition coefficient (Wildman–Crippen LogP) is 5.74. The van der Waals surface area contributed by atoms with E-state index in [0.29, 0.717) is 22.2 Å². The van der Waals surface area contributed by atoms with Gasteiger partial charge in [-0.1, -0.05) is 11.6 Å². The van der Waals surface area contributed by atoms with Crippen LogP contribution < -0.4 is 10.1 Å². The molecule has 1 N–H and O–H groups in total. The number of carbonyl (C=O) groups excluding carboxylic acids is 1. The summed E-state index contributed by atoms with van der Waals surface area (Å²) >= 11 is 12.7. The average Bonchev–Trinajstić information content (AvgIpc) is 2.63. The number of amides is 1. The Kier molecular flexibility index (Phi) is 7.08. The van der Waals surface area contributed by atoms with Crippen LogP contribution in [0.15, 0.2) is 55.2 Å². The van der Waals surface area contributed by atoms with E-state index >= 15 is 0 Å². The minimum Gasteiger partial charge on any atom is -0.458 e. The highest BCUT2D eigenvalue weighted by atomic mass is 127. The van der Waals surface area contributed by atoms with Crippen LogP contribution in [-0.2, 0) is 0 Å². The third-order valence-electron chi connectivity index (χ3n) is 3.31. The van der Waals surface area contributed by atoms with Gasteiger partial charge in [-0.2, -0.15) is 0 Å². The zero-order valence-electron chi connectivity index (χ0n) is 13.4. The summed E-state index contributed by atoms with van der Waals surface area (Å²) < 4.78 is 5.55. The molecule has 1 amide bonds. The minimum absolute atomic E-state index is 0.327. The summed E-state index contributed by atoms with van der Waals surface area (Å²) in [5.41, 5.74) is 2.00. The first-order valence-corrected chi connectivity index (χ1v) is 11.0. The lowest BCUT2D eigenvalue weighted by Gasteiger charge is -2.18. The molecule has 0 fully saturated rings. The molecular formula is C17H10ClI3N4O2. The van der Waals surface area contributed by atoms with Gasteiger partial charge in [-0.25, -0.2) is 15.0 Å². The Bertz CT molecular complexity index is 951. The summed E-state index contributed by atoms with van der Waals surface area (Å²) in [7, 11) is 0. The molecule has 27 heavy (non-hydrogen) atoms. The van der Waals surface area contributed by atoms with Gasteiger partial charge in [-0.15, -0.1) is 0 Å². The fourth-order valence-corrected chi connectivity index (χ4v) is 3.06. The van der Waals surface area contributed by atoms with Crippen molar-refractivity contribution < 1.29 is 9.53 Å². The molecule has 2 heterocycles. The van der Waals surface area contributed by atoms with Gasteiger partial charge < -0.3 is 10.1 Å². The molecule has 0 aliphatic heterocycles. The summed E-state index contributed by atoms with van der Waals surface area (Å²) in [5.74, 6) is 0.785. The monoisotopic (exact) mass is 718 g/mol. The molecule has 2 aromatic heterocycles. The van der Waals surface area contributed by atoms with E-state index in [1.165, 1.54) is 18.7 Å². The van der Waals surface area contributed by atoms with Crippen LogP contribution in [0.3, 0.4) is 0 Å². The third kappa shape index (κ3) is 6.09. The van der Waals surface area contributed by atoms with Crippen molar-refractivity contribution in [1.29, 1.82) is 0 Å². The number of hydrogen-bond acceptors (Lipinski definition) is 5. The van der Waals surface area contributed by atoms with Crippen molar-refractivity contribution in [2.24, 2.45) is 0 Å². The van der Waals surface area contributed by atoms with Gasteiger partial charge in [0.15, 0.2) is 0 Å². The van der Waals surface area contributed by atoms with E-state index in [1.54, 1.807) is 18.3 Å². The van der Waals surface area contributed by atoms with Crippen molar-refractivity contribution in [1.82, 2.24) is 15.0 Å². The second kappa shape index (κ2) is 9.13. The molecule has 0 saturated heterocycles. The van der Waals surface area contributed by atoms with Crippen molar-refractivity contribution in [3.05, 3.63) is 65.8 Å². The average molecular weight is 718 g/mol. The van der Waals surface area contributed by atoms with Gasteiger partial charge in [0.2, 0.25) is 0 Å². The number of nitrogens with one attached hydrogen (secondary N) is 1. The lowest BCUT2D eigenvalue weighted by molar-refractivity contribution is 0.102. The maximum Gasteiger partial charge on any atom is 0.259 e. The quantitative estimate of drug-likeness (QED) is 0.269. The molecular weight excluding hydrogens is 708 g/mol. The van der Waals surface area contributed by atoms with E-state index in [2.05, 4.69) is 88.0 Å². The molecule has 0 spiro atoms. The maximum absolute atomic E-state index is 12.2. The van der Waals surface area contributed by atoms with E-state index in [0.717, 1.165) is 11.1 Å². The molecule has 10 heteroatoms. The minimum atomic E-state index is -0.436. The topological polar surface area (TPSA) is 77.0 Å². The largest absolute Gasteiger partial charge is 0.458 e. The second-order valence-corrected chi connectivity index (χ2v) is 16.4. The van der Waals surface area contributed by atoms with Gasteiger partial charge in [-0.3, -0.25) is 4.79 Å². The maximum atomic E-state index is 12.2. The Morgan fingerprint density at radius 2 is 1.81 bits per heavy atom. The number of ether oxygens (including phenoxy) is 1. The molecule has 0 unspecified atom stereocenters. The number of benzene rings is 1. The van der Waals surface area contributed by atoms with Gasteiger partial charge in [0.05, 0.1) is 5.56 Å². The Hall–Kier alpha value is -0.800. The number of alkyl halides is 3. The Balaban J connectivity index is 1.83. The highest BCUT2D eigenvalue weighted by Crippen LogP contribution is 2.42. The van der Waals surface area contributed by atoms with E-state index in [-0.39, 0.29) is 5.91 Å². The zero-order valence-corrected chi connectivity index (χ0v) is 20.6. The van der Waals surface area contributed by atoms with Crippen LogP contribution in [0, 0.1) is 0 Å². The fraction of sp³-hybridized carbons (Fsp3) is 0.0588. The number of pyridine rings is 1. The van der Waals surface area contributed by atoms with Gasteiger partial charge in [0, 0.05) is 34.7 Å². The molecule has 0 aliphatic carbocycles. The van der Waals surface area contributed by atoms with Gasteiger partial charge in [0.1, 0.15) is 17.9 Å². The molecule has 3 rings (SSSR count). The summed E-state index contributed by atoms with van der Waals surface area (Å²) in [6, 6.07) is 8.99. The summed E-state index contributed by atoms with van der Waals surface area (Å²) in [6.07, 6.45) is 5.91. The molecule has 3 aromatic rings. The fourth-order valence-electron chi connectivity index (χ4n) is 2.17. The first kappa shape index (κ1) is 20.9. The SMILES string of the molecule is O=C(Nc1ccc(-c2cc(Cl)ccc2OC(I)(I)I)cn1)c1cncnc1. The van der Waals surface area contributed by atoms with Crippen LogP contribution in [0.1, 0.15) is 10.4 Å². The number of carbonyl (C=O) groups is 1. The molecule has 0 saturated carbocycles. The van der Waals surface area contributed by atoms with E-state index in [1.807, 2.05) is 18.2 Å². The van der Waals surface area contributed by atoms with Crippen LogP contribution in [0.4, 0.5) is 5.82 Å². The molecule has 138 valence electrons. The van der Waals surface area contributed by atoms with Crippen LogP contribution in [0.25, 0.3) is 11.1 Å².